The van der Waals surface area contributed by atoms with Crippen molar-refractivity contribution in [2.75, 3.05) is 5.32 Å². The predicted octanol–water partition coefficient (Wildman–Crippen LogP) is 1.79. The molecule has 0 bridgehead atoms. The van der Waals surface area contributed by atoms with Crippen LogP contribution >= 0.6 is 0 Å². The monoisotopic (exact) mass is 207 g/mol. The molecule has 1 fully saturated rings. The third-order valence-corrected chi connectivity index (χ3v) is 2.87. The maximum absolute atomic E-state index is 11.9. The fourth-order valence-corrected chi connectivity index (χ4v) is 1.68. The molecule has 0 aliphatic heterocycles. The van der Waals surface area contributed by atoms with Gasteiger partial charge in [0.25, 0.3) is 5.56 Å². The van der Waals surface area contributed by atoms with Gasteiger partial charge in [-0.25, -0.2) is 4.98 Å². The van der Waals surface area contributed by atoms with Gasteiger partial charge in [0.1, 0.15) is 0 Å². The molecule has 1 aliphatic carbocycles. The van der Waals surface area contributed by atoms with E-state index in [2.05, 4.69) is 10.3 Å². The van der Waals surface area contributed by atoms with Crippen LogP contribution in [0.2, 0.25) is 0 Å². The van der Waals surface area contributed by atoms with Crippen LogP contribution in [0.1, 0.15) is 39.2 Å². The summed E-state index contributed by atoms with van der Waals surface area (Å²) in [5, 5.41) is 3.20. The Morgan fingerprint density at radius 2 is 2.27 bits per heavy atom. The van der Waals surface area contributed by atoms with Gasteiger partial charge in [-0.1, -0.05) is 0 Å². The molecular formula is C11H17N3O. The van der Waals surface area contributed by atoms with E-state index in [4.69, 9.17) is 0 Å². The zero-order chi connectivity index (χ0) is 10.8. The van der Waals surface area contributed by atoms with Crippen molar-refractivity contribution in [2.45, 2.75) is 45.2 Å². The molecule has 1 aromatic rings. The minimum Gasteiger partial charge on any atom is -0.363 e. The van der Waals surface area contributed by atoms with Gasteiger partial charge in [0.2, 0.25) is 0 Å². The molecular weight excluding hydrogens is 190 g/mol. The molecule has 0 saturated heterocycles. The van der Waals surface area contributed by atoms with Crippen molar-refractivity contribution < 1.29 is 0 Å². The second-order valence-electron chi connectivity index (χ2n) is 4.35. The quantitative estimate of drug-likeness (QED) is 0.822. The molecule has 0 radical (unpaired) electrons. The van der Waals surface area contributed by atoms with Crippen molar-refractivity contribution >= 4 is 5.82 Å². The average Bonchev–Trinajstić information content (AvgIpc) is 2.13. The van der Waals surface area contributed by atoms with E-state index in [1.165, 1.54) is 6.42 Å². The maximum atomic E-state index is 11.9. The van der Waals surface area contributed by atoms with Gasteiger partial charge in [-0.15, -0.1) is 0 Å². The van der Waals surface area contributed by atoms with Crippen LogP contribution in [0.5, 0.6) is 0 Å². The lowest BCUT2D eigenvalue weighted by Gasteiger charge is -2.26. The molecule has 1 aromatic heterocycles. The van der Waals surface area contributed by atoms with Gasteiger partial charge in [0, 0.05) is 24.5 Å². The lowest BCUT2D eigenvalue weighted by molar-refractivity contribution is 0.443. The number of hydrogen-bond acceptors (Lipinski definition) is 3. The molecule has 4 heteroatoms. The van der Waals surface area contributed by atoms with Gasteiger partial charge in [-0.3, -0.25) is 4.79 Å². The number of anilines is 1. The molecule has 4 nitrogen and oxygen atoms in total. The summed E-state index contributed by atoms with van der Waals surface area (Å²) in [6.07, 6.45) is 6.97. The van der Waals surface area contributed by atoms with Crippen LogP contribution in [0, 0.1) is 0 Å². The van der Waals surface area contributed by atoms with Gasteiger partial charge < -0.3 is 9.88 Å². The Bertz CT molecular complexity index is 393. The Labute approximate surface area is 89.3 Å². The van der Waals surface area contributed by atoms with Gasteiger partial charge >= 0.3 is 0 Å². The van der Waals surface area contributed by atoms with Crippen LogP contribution in [-0.4, -0.2) is 15.6 Å². The molecule has 82 valence electrons. The topological polar surface area (TPSA) is 46.9 Å². The Balaban J connectivity index is 2.23. The van der Waals surface area contributed by atoms with Crippen LogP contribution in [0.25, 0.3) is 0 Å². The van der Waals surface area contributed by atoms with Crippen molar-refractivity contribution in [3.63, 3.8) is 0 Å². The van der Waals surface area contributed by atoms with Crippen LogP contribution < -0.4 is 10.9 Å². The minimum absolute atomic E-state index is 0.0144. The Morgan fingerprint density at radius 1 is 1.53 bits per heavy atom. The van der Waals surface area contributed by atoms with E-state index in [1.54, 1.807) is 17.0 Å². The second kappa shape index (κ2) is 4.04. The highest BCUT2D eigenvalue weighted by Crippen LogP contribution is 2.20. The molecule has 2 rings (SSSR count). The number of rotatable bonds is 3. The molecule has 0 amide bonds. The first-order valence-corrected chi connectivity index (χ1v) is 5.52. The fourth-order valence-electron chi connectivity index (χ4n) is 1.68. The normalized spacial score (nSPS) is 16.5. The van der Waals surface area contributed by atoms with Crippen molar-refractivity contribution in [3.8, 4) is 0 Å². The molecule has 1 aliphatic rings. The van der Waals surface area contributed by atoms with Gasteiger partial charge in [-0.05, 0) is 33.1 Å². The van der Waals surface area contributed by atoms with Crippen LogP contribution in [0.3, 0.4) is 0 Å². The molecule has 1 N–H and O–H groups in total. The second-order valence-corrected chi connectivity index (χ2v) is 4.35. The van der Waals surface area contributed by atoms with Crippen molar-refractivity contribution in [1.29, 1.82) is 0 Å². The first-order chi connectivity index (χ1) is 7.18. The van der Waals surface area contributed by atoms with Crippen LogP contribution in [-0.2, 0) is 0 Å². The number of aromatic nitrogens is 2. The molecule has 0 aromatic carbocycles. The third-order valence-electron chi connectivity index (χ3n) is 2.87. The average molecular weight is 207 g/mol. The predicted molar refractivity (Wildman–Crippen MR) is 60.1 cm³/mol. The molecule has 0 spiro atoms. The largest absolute Gasteiger partial charge is 0.363 e. The van der Waals surface area contributed by atoms with E-state index in [0.29, 0.717) is 11.9 Å². The van der Waals surface area contributed by atoms with Crippen LogP contribution in [0.15, 0.2) is 17.2 Å². The molecule has 15 heavy (non-hydrogen) atoms. The fraction of sp³-hybridized carbons (Fsp3) is 0.636. The molecule has 0 atom stereocenters. The molecule has 0 unspecified atom stereocenters. The highest BCUT2D eigenvalue weighted by molar-refractivity contribution is 5.33. The van der Waals surface area contributed by atoms with E-state index < -0.39 is 0 Å². The number of nitrogens with one attached hydrogen (secondary N) is 1. The van der Waals surface area contributed by atoms with E-state index in [1.807, 2.05) is 13.8 Å². The van der Waals surface area contributed by atoms with Crippen molar-refractivity contribution in [3.05, 3.63) is 22.7 Å². The molecule has 1 heterocycles. The minimum atomic E-state index is -0.0144. The summed E-state index contributed by atoms with van der Waals surface area (Å²) < 4.78 is 1.70. The SMILES string of the molecule is CC(C)n1ccnc(NC2CCC2)c1=O. The summed E-state index contributed by atoms with van der Waals surface area (Å²) >= 11 is 0. The van der Waals surface area contributed by atoms with E-state index in [9.17, 15) is 4.79 Å². The summed E-state index contributed by atoms with van der Waals surface area (Å²) in [4.78, 5) is 16.0. The zero-order valence-electron chi connectivity index (χ0n) is 9.23. The van der Waals surface area contributed by atoms with Crippen molar-refractivity contribution in [2.24, 2.45) is 0 Å². The molecule has 1 saturated carbocycles. The smallest absolute Gasteiger partial charge is 0.293 e. The van der Waals surface area contributed by atoms with E-state index in [-0.39, 0.29) is 11.6 Å². The summed E-state index contributed by atoms with van der Waals surface area (Å²) in [6.45, 7) is 3.99. The maximum Gasteiger partial charge on any atom is 0.293 e. The Hall–Kier alpha value is -1.32. The highest BCUT2D eigenvalue weighted by Gasteiger charge is 2.19. The summed E-state index contributed by atoms with van der Waals surface area (Å²) in [5.41, 5.74) is -0.0144. The number of hydrogen-bond donors (Lipinski definition) is 1. The summed E-state index contributed by atoms with van der Waals surface area (Å²) in [6, 6.07) is 0.635. The van der Waals surface area contributed by atoms with Gasteiger partial charge in [0.15, 0.2) is 5.82 Å². The third kappa shape index (κ3) is 2.03. The standard InChI is InChI=1S/C11H17N3O/c1-8(2)14-7-6-12-10(11(14)15)13-9-4-3-5-9/h6-9H,3-5H2,1-2H3,(H,12,13). The summed E-state index contributed by atoms with van der Waals surface area (Å²) in [7, 11) is 0. The first kappa shape index (κ1) is 10.2. The lowest BCUT2D eigenvalue weighted by Crippen LogP contribution is -2.33. The number of nitrogens with zero attached hydrogens (tertiary/aromatic N) is 2. The Morgan fingerprint density at radius 3 is 2.80 bits per heavy atom. The highest BCUT2D eigenvalue weighted by atomic mass is 16.1. The zero-order valence-corrected chi connectivity index (χ0v) is 9.23. The van der Waals surface area contributed by atoms with E-state index >= 15 is 0 Å². The van der Waals surface area contributed by atoms with Crippen LogP contribution in [0.4, 0.5) is 5.82 Å². The van der Waals surface area contributed by atoms with Gasteiger partial charge in [0.05, 0.1) is 0 Å². The van der Waals surface area contributed by atoms with E-state index in [0.717, 1.165) is 12.8 Å². The van der Waals surface area contributed by atoms with Gasteiger partial charge in [-0.2, -0.15) is 0 Å². The summed E-state index contributed by atoms with van der Waals surface area (Å²) in [5.74, 6) is 0.496. The Kier molecular flexibility index (Phi) is 2.75. The van der Waals surface area contributed by atoms with Crippen molar-refractivity contribution in [1.82, 2.24) is 9.55 Å². The first-order valence-electron chi connectivity index (χ1n) is 5.52. The lowest BCUT2D eigenvalue weighted by atomic mass is 9.93.